The molecular weight excluding hydrogens is 268 g/mol. The Bertz CT molecular complexity index is 748. The molecule has 1 aromatic carbocycles. The molecule has 0 spiro atoms. The number of aromatic nitrogens is 2. The molecule has 0 saturated heterocycles. The maximum Gasteiger partial charge on any atom is 0.230 e. The zero-order chi connectivity index (χ0) is 14.2. The molecule has 0 amide bonds. The Morgan fingerprint density at radius 2 is 2.14 bits per heavy atom. The number of benzene rings is 1. The summed E-state index contributed by atoms with van der Waals surface area (Å²) in [5.74, 6) is 3.66. The van der Waals surface area contributed by atoms with Crippen LogP contribution in [0.15, 0.2) is 51.6 Å². The van der Waals surface area contributed by atoms with Gasteiger partial charge in [0.1, 0.15) is 11.5 Å². The second kappa shape index (κ2) is 4.77. The fourth-order valence-corrected chi connectivity index (χ4v) is 2.55. The van der Waals surface area contributed by atoms with Gasteiger partial charge in [-0.15, -0.1) is 0 Å². The number of ether oxygens (including phenoxy) is 1. The molecule has 1 aliphatic carbocycles. The molecule has 21 heavy (non-hydrogen) atoms. The predicted molar refractivity (Wildman–Crippen MR) is 75.1 cm³/mol. The Morgan fingerprint density at radius 3 is 2.95 bits per heavy atom. The molecule has 2 heterocycles. The Kier molecular flexibility index (Phi) is 2.77. The van der Waals surface area contributed by atoms with E-state index in [1.54, 1.807) is 13.4 Å². The van der Waals surface area contributed by atoms with Gasteiger partial charge in [0.05, 0.1) is 13.4 Å². The summed E-state index contributed by atoms with van der Waals surface area (Å²) in [6.45, 7) is 0. The maximum absolute atomic E-state index is 5.42. The fraction of sp³-hybridized carbons (Fsp3) is 0.250. The molecule has 4 rings (SSSR count). The molecule has 106 valence electrons. The summed E-state index contributed by atoms with van der Waals surface area (Å²) in [7, 11) is 1.64. The number of furan rings is 1. The van der Waals surface area contributed by atoms with Crippen molar-refractivity contribution in [2.45, 2.75) is 18.3 Å². The highest BCUT2D eigenvalue weighted by molar-refractivity contribution is 5.57. The first kappa shape index (κ1) is 12.2. The maximum atomic E-state index is 5.42. The highest BCUT2D eigenvalue weighted by Crippen LogP contribution is 2.54. The summed E-state index contributed by atoms with van der Waals surface area (Å²) < 4.78 is 16.0. The first-order chi connectivity index (χ1) is 10.3. The van der Waals surface area contributed by atoms with Crippen LogP contribution in [0, 0.1) is 0 Å². The third kappa shape index (κ3) is 2.20. The van der Waals surface area contributed by atoms with Gasteiger partial charge in [-0.25, -0.2) is 0 Å². The fourth-order valence-electron chi connectivity index (χ4n) is 2.55. The Labute approximate surface area is 121 Å². The van der Waals surface area contributed by atoms with E-state index in [0.717, 1.165) is 23.5 Å². The Hall–Kier alpha value is -2.56. The van der Waals surface area contributed by atoms with Gasteiger partial charge in [0, 0.05) is 17.4 Å². The summed E-state index contributed by atoms with van der Waals surface area (Å²) >= 11 is 0. The van der Waals surface area contributed by atoms with E-state index in [-0.39, 0.29) is 5.92 Å². The molecule has 5 nitrogen and oxygen atoms in total. The standard InChI is InChI=1S/C16H14N2O3/c1-19-11-5-2-4-10(8-11)15-17-16(21-18-15)13-9-12(13)14-6-3-7-20-14/h2-8,12-13H,9H2,1H3/t12-,13-/m1/s1. The summed E-state index contributed by atoms with van der Waals surface area (Å²) in [5, 5.41) is 4.07. The van der Waals surface area contributed by atoms with Crippen LogP contribution >= 0.6 is 0 Å². The average molecular weight is 282 g/mol. The number of hydrogen-bond acceptors (Lipinski definition) is 5. The topological polar surface area (TPSA) is 61.3 Å². The van der Waals surface area contributed by atoms with Crippen LogP contribution in [0.5, 0.6) is 5.75 Å². The van der Waals surface area contributed by atoms with Crippen molar-refractivity contribution in [3.05, 3.63) is 54.3 Å². The zero-order valence-corrected chi connectivity index (χ0v) is 11.5. The van der Waals surface area contributed by atoms with Crippen LogP contribution in [0.4, 0.5) is 0 Å². The zero-order valence-electron chi connectivity index (χ0n) is 11.5. The highest BCUT2D eigenvalue weighted by Gasteiger charge is 2.45. The molecule has 0 N–H and O–H groups in total. The molecule has 2 aromatic heterocycles. The second-order valence-electron chi connectivity index (χ2n) is 5.15. The van der Waals surface area contributed by atoms with Gasteiger partial charge in [-0.3, -0.25) is 0 Å². The molecule has 0 radical (unpaired) electrons. The van der Waals surface area contributed by atoms with Crippen LogP contribution in [0.25, 0.3) is 11.4 Å². The van der Waals surface area contributed by atoms with Crippen molar-refractivity contribution in [1.82, 2.24) is 10.1 Å². The van der Waals surface area contributed by atoms with Gasteiger partial charge in [0.2, 0.25) is 11.7 Å². The summed E-state index contributed by atoms with van der Waals surface area (Å²) in [4.78, 5) is 4.50. The molecule has 1 fully saturated rings. The van der Waals surface area contributed by atoms with E-state index in [4.69, 9.17) is 13.7 Å². The molecule has 1 aliphatic rings. The summed E-state index contributed by atoms with van der Waals surface area (Å²) in [6, 6.07) is 11.5. The minimum absolute atomic E-state index is 0.267. The van der Waals surface area contributed by atoms with E-state index < -0.39 is 0 Å². The van der Waals surface area contributed by atoms with Crippen LogP contribution < -0.4 is 4.74 Å². The Morgan fingerprint density at radius 1 is 1.19 bits per heavy atom. The van der Waals surface area contributed by atoms with E-state index >= 15 is 0 Å². The minimum Gasteiger partial charge on any atom is -0.497 e. The summed E-state index contributed by atoms with van der Waals surface area (Å²) in [5.41, 5.74) is 0.888. The van der Waals surface area contributed by atoms with Crippen molar-refractivity contribution in [1.29, 1.82) is 0 Å². The van der Waals surface area contributed by atoms with Crippen LogP contribution in [-0.4, -0.2) is 17.3 Å². The van der Waals surface area contributed by atoms with Crippen molar-refractivity contribution in [3.63, 3.8) is 0 Å². The molecule has 0 aliphatic heterocycles. The van der Waals surface area contributed by atoms with Crippen LogP contribution in [0.1, 0.15) is 29.9 Å². The first-order valence-corrected chi connectivity index (χ1v) is 6.86. The molecule has 1 saturated carbocycles. The molecular formula is C16H14N2O3. The quantitative estimate of drug-likeness (QED) is 0.731. The third-order valence-electron chi connectivity index (χ3n) is 3.79. The van der Waals surface area contributed by atoms with E-state index in [1.165, 1.54) is 0 Å². The lowest BCUT2D eigenvalue weighted by Crippen LogP contribution is -1.86. The average Bonchev–Trinajstić information content (AvgIpc) is 2.97. The number of methoxy groups -OCH3 is 1. The second-order valence-corrected chi connectivity index (χ2v) is 5.15. The molecule has 0 unspecified atom stereocenters. The lowest BCUT2D eigenvalue weighted by Gasteiger charge is -1.99. The van der Waals surface area contributed by atoms with E-state index in [2.05, 4.69) is 10.1 Å². The van der Waals surface area contributed by atoms with Gasteiger partial charge in [0.15, 0.2) is 0 Å². The van der Waals surface area contributed by atoms with Crippen molar-refractivity contribution in [3.8, 4) is 17.1 Å². The van der Waals surface area contributed by atoms with Crippen molar-refractivity contribution in [2.24, 2.45) is 0 Å². The predicted octanol–water partition coefficient (Wildman–Crippen LogP) is 3.61. The molecule has 3 aromatic rings. The van der Waals surface area contributed by atoms with Gasteiger partial charge < -0.3 is 13.7 Å². The third-order valence-corrected chi connectivity index (χ3v) is 3.79. The van der Waals surface area contributed by atoms with Gasteiger partial charge in [-0.2, -0.15) is 4.98 Å². The van der Waals surface area contributed by atoms with Crippen molar-refractivity contribution < 1.29 is 13.7 Å². The van der Waals surface area contributed by atoms with Gasteiger partial charge >= 0.3 is 0 Å². The minimum atomic E-state index is 0.267. The molecule has 2 atom stereocenters. The van der Waals surface area contributed by atoms with Crippen LogP contribution in [-0.2, 0) is 0 Å². The van der Waals surface area contributed by atoms with Gasteiger partial charge in [-0.05, 0) is 30.7 Å². The highest BCUT2D eigenvalue weighted by atomic mass is 16.5. The molecule has 5 heteroatoms. The number of hydrogen-bond donors (Lipinski definition) is 0. The lowest BCUT2D eigenvalue weighted by atomic mass is 10.2. The van der Waals surface area contributed by atoms with Gasteiger partial charge in [-0.1, -0.05) is 17.3 Å². The monoisotopic (exact) mass is 282 g/mol. The van der Waals surface area contributed by atoms with Crippen LogP contribution in [0.3, 0.4) is 0 Å². The lowest BCUT2D eigenvalue weighted by molar-refractivity contribution is 0.376. The van der Waals surface area contributed by atoms with E-state index in [0.29, 0.717) is 17.6 Å². The largest absolute Gasteiger partial charge is 0.497 e. The van der Waals surface area contributed by atoms with Gasteiger partial charge in [0.25, 0.3) is 0 Å². The van der Waals surface area contributed by atoms with E-state index in [9.17, 15) is 0 Å². The van der Waals surface area contributed by atoms with Crippen LogP contribution in [0.2, 0.25) is 0 Å². The number of rotatable bonds is 4. The SMILES string of the molecule is COc1cccc(-c2noc([C@@H]3C[C@H]3c3ccco3)n2)c1. The summed E-state index contributed by atoms with van der Waals surface area (Å²) in [6.07, 6.45) is 2.69. The smallest absolute Gasteiger partial charge is 0.230 e. The normalized spacial score (nSPS) is 20.4. The van der Waals surface area contributed by atoms with Crippen molar-refractivity contribution >= 4 is 0 Å². The van der Waals surface area contributed by atoms with E-state index in [1.807, 2.05) is 36.4 Å². The first-order valence-electron chi connectivity index (χ1n) is 6.86. The Balaban J connectivity index is 1.56. The van der Waals surface area contributed by atoms with Crippen molar-refractivity contribution in [2.75, 3.05) is 7.11 Å². The number of nitrogens with zero attached hydrogens (tertiary/aromatic N) is 2. The molecule has 0 bridgehead atoms.